The summed E-state index contributed by atoms with van der Waals surface area (Å²) in [5.74, 6) is -1.16. The second-order valence-corrected chi connectivity index (χ2v) is 6.29. The zero-order chi connectivity index (χ0) is 19.9. The van der Waals surface area contributed by atoms with E-state index >= 15 is 0 Å². The summed E-state index contributed by atoms with van der Waals surface area (Å²) in [6, 6.07) is 2.96. The standard InChI is InChI=1S/C18H17F3N4O2/c1-9-7-13(18(19,20)21)15(24-10(9)2)12-4-3-11(8-14(22)17(26)27)25-6-5-23-16(12)25/h3-7,14H,8,22H2,1-2H3,(H,26,27). The van der Waals surface area contributed by atoms with Gasteiger partial charge in [-0.05, 0) is 37.6 Å². The number of hydrogen-bond donors (Lipinski definition) is 2. The zero-order valence-corrected chi connectivity index (χ0v) is 14.6. The molecule has 3 aromatic rings. The molecule has 0 aromatic carbocycles. The summed E-state index contributed by atoms with van der Waals surface area (Å²) in [7, 11) is 0. The van der Waals surface area contributed by atoms with Gasteiger partial charge in [0.1, 0.15) is 11.7 Å². The van der Waals surface area contributed by atoms with E-state index in [-0.39, 0.29) is 23.3 Å². The van der Waals surface area contributed by atoms with Crippen LogP contribution < -0.4 is 5.73 Å². The third-order valence-corrected chi connectivity index (χ3v) is 4.41. The van der Waals surface area contributed by atoms with Crippen LogP contribution in [-0.2, 0) is 17.4 Å². The number of nitrogens with two attached hydrogens (primary N) is 1. The van der Waals surface area contributed by atoms with Gasteiger partial charge < -0.3 is 15.2 Å². The maximum Gasteiger partial charge on any atom is 0.418 e. The Morgan fingerprint density at radius 3 is 2.67 bits per heavy atom. The van der Waals surface area contributed by atoms with Gasteiger partial charge in [0, 0.05) is 35.8 Å². The van der Waals surface area contributed by atoms with E-state index in [1.165, 1.54) is 16.7 Å². The summed E-state index contributed by atoms with van der Waals surface area (Å²) in [4.78, 5) is 19.3. The number of hydrogen-bond acceptors (Lipinski definition) is 4. The van der Waals surface area contributed by atoms with E-state index in [2.05, 4.69) is 9.97 Å². The number of nitrogens with zero attached hydrogens (tertiary/aromatic N) is 3. The van der Waals surface area contributed by atoms with Crippen LogP contribution in [0, 0.1) is 13.8 Å². The van der Waals surface area contributed by atoms with Crippen LogP contribution in [-0.4, -0.2) is 31.5 Å². The molecule has 3 rings (SSSR count). The normalized spacial score (nSPS) is 13.1. The second-order valence-electron chi connectivity index (χ2n) is 6.29. The number of aromatic nitrogens is 3. The van der Waals surface area contributed by atoms with Crippen molar-refractivity contribution in [2.24, 2.45) is 5.73 Å². The lowest BCUT2D eigenvalue weighted by Crippen LogP contribution is -2.32. The number of carboxylic acids is 1. The Morgan fingerprint density at radius 1 is 1.33 bits per heavy atom. The lowest BCUT2D eigenvalue weighted by molar-refractivity contribution is -0.139. The molecule has 0 saturated carbocycles. The number of halogens is 3. The van der Waals surface area contributed by atoms with E-state index in [4.69, 9.17) is 10.8 Å². The summed E-state index contributed by atoms with van der Waals surface area (Å²) in [6.45, 7) is 3.21. The van der Waals surface area contributed by atoms with Crippen molar-refractivity contribution in [3.05, 3.63) is 53.1 Å². The molecule has 0 bridgehead atoms. The monoisotopic (exact) mass is 378 g/mol. The molecule has 0 amide bonds. The van der Waals surface area contributed by atoms with Crippen LogP contribution in [0.1, 0.15) is 22.5 Å². The molecule has 0 spiro atoms. The molecule has 3 N–H and O–H groups in total. The average Bonchev–Trinajstić information content (AvgIpc) is 3.06. The largest absolute Gasteiger partial charge is 0.480 e. The van der Waals surface area contributed by atoms with E-state index < -0.39 is 23.8 Å². The first-order chi connectivity index (χ1) is 12.6. The molecular formula is C18H17F3N4O2. The fraction of sp³-hybridized carbons (Fsp3) is 0.278. The maximum atomic E-state index is 13.6. The van der Waals surface area contributed by atoms with Crippen molar-refractivity contribution >= 4 is 11.6 Å². The first-order valence-electron chi connectivity index (χ1n) is 8.08. The third-order valence-electron chi connectivity index (χ3n) is 4.41. The van der Waals surface area contributed by atoms with Gasteiger partial charge in [-0.3, -0.25) is 9.78 Å². The first-order valence-corrected chi connectivity index (χ1v) is 8.08. The Hall–Kier alpha value is -2.94. The van der Waals surface area contributed by atoms with E-state index in [0.29, 0.717) is 17.0 Å². The molecule has 1 unspecified atom stereocenters. The number of aryl methyl sites for hydroxylation is 2. The van der Waals surface area contributed by atoms with E-state index in [1.54, 1.807) is 26.1 Å². The maximum absolute atomic E-state index is 13.6. The molecule has 3 aromatic heterocycles. The van der Waals surface area contributed by atoms with Gasteiger partial charge in [0.25, 0.3) is 0 Å². The molecule has 142 valence electrons. The van der Waals surface area contributed by atoms with Crippen LogP contribution in [0.4, 0.5) is 13.2 Å². The number of fused-ring (bicyclic) bond motifs is 1. The highest BCUT2D eigenvalue weighted by Crippen LogP contribution is 2.38. The van der Waals surface area contributed by atoms with Crippen molar-refractivity contribution < 1.29 is 23.1 Å². The van der Waals surface area contributed by atoms with Crippen molar-refractivity contribution in [3.8, 4) is 11.3 Å². The molecule has 9 heteroatoms. The molecule has 0 fully saturated rings. The SMILES string of the molecule is Cc1cc(C(F)(F)F)c(-c2ccc(CC(N)C(=O)O)n3ccnc23)nc1C. The minimum atomic E-state index is -4.57. The lowest BCUT2D eigenvalue weighted by Gasteiger charge is -2.16. The van der Waals surface area contributed by atoms with Gasteiger partial charge in [-0.25, -0.2) is 4.98 Å². The quantitative estimate of drug-likeness (QED) is 0.728. The summed E-state index contributed by atoms with van der Waals surface area (Å²) in [6.07, 6.45) is -1.58. The van der Waals surface area contributed by atoms with Gasteiger partial charge in [-0.15, -0.1) is 0 Å². The van der Waals surface area contributed by atoms with Crippen LogP contribution in [0.3, 0.4) is 0 Å². The summed E-state index contributed by atoms with van der Waals surface area (Å²) >= 11 is 0. The van der Waals surface area contributed by atoms with Crippen LogP contribution in [0.5, 0.6) is 0 Å². The third kappa shape index (κ3) is 3.50. The van der Waals surface area contributed by atoms with Crippen LogP contribution in [0.25, 0.3) is 16.9 Å². The van der Waals surface area contributed by atoms with Crippen LogP contribution >= 0.6 is 0 Å². The highest BCUT2D eigenvalue weighted by atomic mass is 19.4. The molecule has 1 atom stereocenters. The van der Waals surface area contributed by atoms with Gasteiger partial charge in [0.05, 0.1) is 11.3 Å². The van der Waals surface area contributed by atoms with E-state index in [0.717, 1.165) is 6.07 Å². The molecule has 0 saturated heterocycles. The fourth-order valence-corrected chi connectivity index (χ4v) is 2.86. The van der Waals surface area contributed by atoms with Gasteiger partial charge in [0.2, 0.25) is 0 Å². The van der Waals surface area contributed by atoms with E-state index in [1.807, 2.05) is 0 Å². The van der Waals surface area contributed by atoms with Gasteiger partial charge in [-0.1, -0.05) is 0 Å². The predicted octanol–water partition coefficient (Wildman–Crippen LogP) is 2.99. The Balaban J connectivity index is 2.22. The zero-order valence-electron chi connectivity index (χ0n) is 14.6. The first kappa shape index (κ1) is 18.8. The van der Waals surface area contributed by atoms with Gasteiger partial charge in [0.15, 0.2) is 0 Å². The number of carboxylic acid groups (broad SMARTS) is 1. The summed E-state index contributed by atoms with van der Waals surface area (Å²) in [5, 5.41) is 9.00. The number of imidazole rings is 1. The number of pyridine rings is 2. The smallest absolute Gasteiger partial charge is 0.418 e. The van der Waals surface area contributed by atoms with Crippen LogP contribution in [0.15, 0.2) is 30.6 Å². The van der Waals surface area contributed by atoms with Crippen molar-refractivity contribution in [2.75, 3.05) is 0 Å². The fourth-order valence-electron chi connectivity index (χ4n) is 2.86. The van der Waals surface area contributed by atoms with Crippen molar-refractivity contribution in [3.63, 3.8) is 0 Å². The molecule has 0 aliphatic carbocycles. The number of carbonyl (C=O) groups is 1. The lowest BCUT2D eigenvalue weighted by atomic mass is 10.0. The molecule has 0 radical (unpaired) electrons. The van der Waals surface area contributed by atoms with Crippen molar-refractivity contribution in [1.29, 1.82) is 0 Å². The minimum absolute atomic E-state index is 0.00888. The van der Waals surface area contributed by atoms with Crippen LogP contribution in [0.2, 0.25) is 0 Å². The number of rotatable bonds is 4. The Morgan fingerprint density at radius 2 is 2.04 bits per heavy atom. The highest BCUT2D eigenvalue weighted by Gasteiger charge is 2.35. The van der Waals surface area contributed by atoms with E-state index in [9.17, 15) is 18.0 Å². The average molecular weight is 378 g/mol. The Labute approximate surface area is 152 Å². The molecule has 0 aliphatic rings. The second kappa shape index (κ2) is 6.66. The highest BCUT2D eigenvalue weighted by molar-refractivity contribution is 5.78. The van der Waals surface area contributed by atoms with Gasteiger partial charge >= 0.3 is 12.1 Å². The summed E-state index contributed by atoms with van der Waals surface area (Å²) in [5.41, 5.74) is 6.45. The topological polar surface area (TPSA) is 93.5 Å². The minimum Gasteiger partial charge on any atom is -0.480 e. The molecule has 3 heterocycles. The molecule has 27 heavy (non-hydrogen) atoms. The molecular weight excluding hydrogens is 361 g/mol. The molecule has 0 aliphatic heterocycles. The van der Waals surface area contributed by atoms with Gasteiger partial charge in [-0.2, -0.15) is 13.2 Å². The Kier molecular flexibility index (Phi) is 4.64. The van der Waals surface area contributed by atoms with Crippen molar-refractivity contribution in [1.82, 2.24) is 14.4 Å². The summed E-state index contributed by atoms with van der Waals surface area (Å²) < 4.78 is 42.2. The number of aliphatic carboxylic acids is 1. The van der Waals surface area contributed by atoms with Crippen molar-refractivity contribution in [2.45, 2.75) is 32.5 Å². The predicted molar refractivity (Wildman–Crippen MR) is 92.2 cm³/mol. The Bertz CT molecular complexity index is 1030. The molecule has 6 nitrogen and oxygen atoms in total. The number of alkyl halides is 3.